The van der Waals surface area contributed by atoms with Gasteiger partial charge in [0.25, 0.3) is 0 Å². The molecular formula is C28H33F3N4O3. The second-order valence-electron chi connectivity index (χ2n) is 10.3. The smallest absolute Gasteiger partial charge is 0.464 e. The van der Waals surface area contributed by atoms with E-state index in [1.54, 1.807) is 0 Å². The van der Waals surface area contributed by atoms with Crippen molar-refractivity contribution in [1.29, 1.82) is 0 Å². The lowest BCUT2D eigenvalue weighted by Gasteiger charge is -2.61. The number of aromatic nitrogens is 2. The molecule has 1 aromatic carbocycles. The summed E-state index contributed by atoms with van der Waals surface area (Å²) in [5.74, 6) is -2.23. The van der Waals surface area contributed by atoms with E-state index in [1.807, 2.05) is 6.07 Å². The van der Waals surface area contributed by atoms with E-state index >= 15 is 0 Å². The molecule has 1 spiro atoms. The van der Waals surface area contributed by atoms with Crippen LogP contribution in [0.5, 0.6) is 0 Å². The van der Waals surface area contributed by atoms with Crippen molar-refractivity contribution in [2.24, 2.45) is 5.41 Å². The van der Waals surface area contributed by atoms with E-state index in [4.69, 9.17) is 0 Å². The van der Waals surface area contributed by atoms with Gasteiger partial charge in [-0.25, -0.2) is 9.78 Å². The molecule has 0 bridgehead atoms. The number of nitrogens with zero attached hydrogens (tertiary/aromatic N) is 4. The van der Waals surface area contributed by atoms with Gasteiger partial charge in [0.15, 0.2) is 5.69 Å². The molecule has 2 saturated carbocycles. The van der Waals surface area contributed by atoms with Gasteiger partial charge in [-0.1, -0.05) is 49.4 Å². The molecule has 38 heavy (non-hydrogen) atoms. The number of rotatable bonds is 7. The van der Waals surface area contributed by atoms with Gasteiger partial charge in [0.05, 0.1) is 25.2 Å². The normalized spacial score (nSPS) is 18.8. The molecule has 2 aliphatic carbocycles. The molecule has 10 heteroatoms. The number of alkyl halides is 3. The van der Waals surface area contributed by atoms with Crippen LogP contribution in [-0.4, -0.2) is 70.1 Å². The lowest BCUT2D eigenvalue weighted by molar-refractivity contribution is -0.197. The molecule has 0 atom stereocenters. The van der Waals surface area contributed by atoms with E-state index in [-0.39, 0.29) is 23.2 Å². The van der Waals surface area contributed by atoms with E-state index < -0.39 is 18.1 Å². The number of carbonyl (C=O) groups is 2. The molecule has 1 aromatic heterocycles. The van der Waals surface area contributed by atoms with Crippen molar-refractivity contribution < 1.29 is 27.5 Å². The number of allylic oxidation sites excluding steroid dienone is 1. The summed E-state index contributed by atoms with van der Waals surface area (Å²) in [4.78, 5) is 34.6. The molecule has 3 aliphatic rings. The van der Waals surface area contributed by atoms with E-state index in [0.717, 1.165) is 24.4 Å². The number of methoxy groups -OCH3 is 1. The highest BCUT2D eigenvalue weighted by atomic mass is 19.4. The minimum absolute atomic E-state index is 0.00305. The predicted octanol–water partition coefficient (Wildman–Crippen LogP) is 4.89. The highest BCUT2D eigenvalue weighted by Crippen LogP contribution is 2.52. The van der Waals surface area contributed by atoms with Crippen LogP contribution in [0.4, 0.5) is 13.2 Å². The molecule has 5 rings (SSSR count). The molecule has 2 heterocycles. The molecule has 0 unspecified atom stereocenters. The first-order valence-corrected chi connectivity index (χ1v) is 12.9. The zero-order valence-electron chi connectivity index (χ0n) is 21.7. The highest BCUT2D eigenvalue weighted by molar-refractivity contribution is 5.86. The maximum absolute atomic E-state index is 12.9. The Morgan fingerprint density at radius 3 is 2.32 bits per heavy atom. The number of benzene rings is 1. The number of ether oxygens (including phenoxy) is 1. The molecule has 1 saturated heterocycles. The second-order valence-corrected chi connectivity index (χ2v) is 10.3. The monoisotopic (exact) mass is 530 g/mol. The third-order valence-electron chi connectivity index (χ3n) is 7.10. The summed E-state index contributed by atoms with van der Waals surface area (Å²) in [7, 11) is 1.27. The minimum Gasteiger partial charge on any atom is -0.464 e. The maximum Gasteiger partial charge on any atom is 0.471 e. The van der Waals surface area contributed by atoms with Crippen LogP contribution in [0.1, 0.15) is 60.8 Å². The number of carbonyl (C=O) groups excluding carboxylic acids is 2. The zero-order valence-corrected chi connectivity index (χ0v) is 21.7. The Hall–Kier alpha value is -3.27. The van der Waals surface area contributed by atoms with Crippen LogP contribution < -0.4 is 0 Å². The number of hydrogen-bond donors (Lipinski definition) is 0. The molecule has 0 radical (unpaired) electrons. The topological polar surface area (TPSA) is 75.6 Å². The van der Waals surface area contributed by atoms with Gasteiger partial charge < -0.3 is 9.64 Å². The first-order chi connectivity index (χ1) is 18.1. The van der Waals surface area contributed by atoms with Crippen LogP contribution in [-0.2, 0) is 16.1 Å². The number of likely N-dealkylation sites (tertiary alicyclic amines) is 1. The molecule has 204 valence electrons. The predicted molar refractivity (Wildman–Crippen MR) is 136 cm³/mol. The fraction of sp³-hybridized carbons (Fsp3) is 0.500. The van der Waals surface area contributed by atoms with E-state index in [9.17, 15) is 22.8 Å². The Bertz CT molecular complexity index is 1120. The molecule has 1 amide bonds. The minimum atomic E-state index is -4.80. The summed E-state index contributed by atoms with van der Waals surface area (Å²) in [5, 5.41) is 0. The largest absolute Gasteiger partial charge is 0.471 e. The summed E-state index contributed by atoms with van der Waals surface area (Å²) < 4.78 is 43.2. The standard InChI is InChI=1S/C18H21F3N4O3.C10H12/c1-28-15(26)14-7-22-11(6-23-14)8-24-9-17(10-24)4-13(5-17)25(12-2-3-12)16(27)18(19,20)21;1-2-3-7-10-8-5-4-6-9-10/h6-7,12-13H,2-5,8-10H2,1H3;3-9H,2H2,1H3/b;7-3-. The van der Waals surface area contributed by atoms with Gasteiger partial charge in [-0.05, 0) is 43.1 Å². The Balaban J connectivity index is 0.000000283. The van der Waals surface area contributed by atoms with Gasteiger partial charge in [0.1, 0.15) is 0 Å². The Morgan fingerprint density at radius 2 is 1.79 bits per heavy atom. The molecule has 2 aromatic rings. The van der Waals surface area contributed by atoms with Crippen molar-refractivity contribution in [2.45, 2.75) is 63.8 Å². The van der Waals surface area contributed by atoms with E-state index in [0.29, 0.717) is 37.9 Å². The van der Waals surface area contributed by atoms with Crippen LogP contribution in [0, 0.1) is 5.41 Å². The van der Waals surface area contributed by atoms with Crippen molar-refractivity contribution in [1.82, 2.24) is 19.8 Å². The summed E-state index contributed by atoms with van der Waals surface area (Å²) in [6, 6.07) is 9.80. The molecule has 3 fully saturated rings. The summed E-state index contributed by atoms with van der Waals surface area (Å²) in [6.45, 7) is 4.24. The average molecular weight is 531 g/mol. The number of amides is 1. The van der Waals surface area contributed by atoms with Crippen molar-refractivity contribution >= 4 is 18.0 Å². The fourth-order valence-corrected chi connectivity index (χ4v) is 5.23. The highest BCUT2D eigenvalue weighted by Gasteiger charge is 2.58. The number of hydrogen-bond acceptors (Lipinski definition) is 6. The fourth-order valence-electron chi connectivity index (χ4n) is 5.23. The quantitative estimate of drug-likeness (QED) is 0.475. The van der Waals surface area contributed by atoms with Crippen molar-refractivity contribution in [2.75, 3.05) is 20.2 Å². The molecule has 0 N–H and O–H groups in total. The van der Waals surface area contributed by atoms with Crippen LogP contribution in [0.25, 0.3) is 6.08 Å². The van der Waals surface area contributed by atoms with Crippen LogP contribution in [0.2, 0.25) is 0 Å². The van der Waals surface area contributed by atoms with Crippen molar-refractivity contribution in [3.8, 4) is 0 Å². The zero-order chi connectivity index (χ0) is 27.3. The lowest BCUT2D eigenvalue weighted by Crippen LogP contribution is -2.67. The summed E-state index contributed by atoms with van der Waals surface area (Å²) in [5.41, 5.74) is 2.14. The summed E-state index contributed by atoms with van der Waals surface area (Å²) >= 11 is 0. The van der Waals surface area contributed by atoms with Crippen molar-refractivity contribution in [3.63, 3.8) is 0 Å². The molecular weight excluding hydrogens is 497 g/mol. The van der Waals surface area contributed by atoms with Gasteiger partial charge >= 0.3 is 18.1 Å². The Labute approximate surface area is 220 Å². The van der Waals surface area contributed by atoms with Crippen LogP contribution in [0.15, 0.2) is 48.8 Å². The van der Waals surface area contributed by atoms with Gasteiger partial charge in [-0.15, -0.1) is 0 Å². The third kappa shape index (κ3) is 6.78. The third-order valence-corrected chi connectivity index (χ3v) is 7.10. The first kappa shape index (κ1) is 27.8. The van der Waals surface area contributed by atoms with Gasteiger partial charge in [-0.2, -0.15) is 13.2 Å². The molecule has 1 aliphatic heterocycles. The Morgan fingerprint density at radius 1 is 1.11 bits per heavy atom. The Kier molecular flexibility index (Phi) is 8.50. The molecule has 7 nitrogen and oxygen atoms in total. The van der Waals surface area contributed by atoms with Gasteiger partial charge in [0, 0.05) is 31.7 Å². The second kappa shape index (κ2) is 11.6. The van der Waals surface area contributed by atoms with Gasteiger partial charge in [0.2, 0.25) is 0 Å². The SMILES string of the molecule is CC/C=C\c1ccccc1.COC(=O)c1cnc(CN2CC3(CC(N(C(=O)C(F)(F)F)C4CC4)C3)C2)cn1. The van der Waals surface area contributed by atoms with E-state index in [2.05, 4.69) is 62.9 Å². The number of esters is 1. The summed E-state index contributed by atoms with van der Waals surface area (Å²) in [6.07, 6.45) is 6.07. The number of halogens is 3. The maximum atomic E-state index is 12.9. The van der Waals surface area contributed by atoms with Crippen LogP contribution >= 0.6 is 0 Å². The van der Waals surface area contributed by atoms with E-state index in [1.165, 1.54) is 25.1 Å². The van der Waals surface area contributed by atoms with Crippen LogP contribution in [0.3, 0.4) is 0 Å². The lowest BCUT2D eigenvalue weighted by atomic mass is 9.60. The van der Waals surface area contributed by atoms with Gasteiger partial charge in [-0.3, -0.25) is 14.7 Å². The average Bonchev–Trinajstić information content (AvgIpc) is 3.70. The van der Waals surface area contributed by atoms with Crippen molar-refractivity contribution in [3.05, 3.63) is 65.8 Å². The first-order valence-electron chi connectivity index (χ1n) is 12.9.